The third kappa shape index (κ3) is 2.00. The predicted molar refractivity (Wildman–Crippen MR) is 74.0 cm³/mol. The Kier molecular flexibility index (Phi) is 3.03. The zero-order chi connectivity index (χ0) is 12.8. The molecule has 0 saturated heterocycles. The molecule has 1 aliphatic carbocycles. The highest BCUT2D eigenvalue weighted by Gasteiger charge is 2.64. The summed E-state index contributed by atoms with van der Waals surface area (Å²) in [6, 6.07) is 6.26. The van der Waals surface area contributed by atoms with Crippen molar-refractivity contribution in [3.63, 3.8) is 0 Å². The van der Waals surface area contributed by atoms with Crippen LogP contribution in [0.2, 0.25) is 0 Å². The fourth-order valence-electron chi connectivity index (χ4n) is 2.62. The van der Waals surface area contributed by atoms with Crippen molar-refractivity contribution < 1.29 is 5.11 Å². The van der Waals surface area contributed by atoms with Gasteiger partial charge in [-0.15, -0.1) is 0 Å². The first kappa shape index (κ1) is 12.9. The number of hydrogen-bond donors (Lipinski definition) is 2. The molecule has 2 N–H and O–H groups in total. The van der Waals surface area contributed by atoms with E-state index in [4.69, 9.17) is 0 Å². The highest BCUT2D eigenvalue weighted by molar-refractivity contribution is 9.10. The van der Waals surface area contributed by atoms with Crippen molar-refractivity contribution in [2.24, 2.45) is 10.8 Å². The normalized spacial score (nSPS) is 21.5. The van der Waals surface area contributed by atoms with Gasteiger partial charge in [-0.25, -0.2) is 0 Å². The fraction of sp³-hybridized carbons (Fsp3) is 0.571. The summed E-state index contributed by atoms with van der Waals surface area (Å²) in [4.78, 5) is 0. The van der Waals surface area contributed by atoms with Crippen LogP contribution in [0.4, 0.5) is 0 Å². The van der Waals surface area contributed by atoms with Crippen LogP contribution in [-0.2, 0) is 6.54 Å². The third-order valence-electron chi connectivity index (χ3n) is 4.59. The largest absolute Gasteiger partial charge is 0.506 e. The average molecular weight is 298 g/mol. The molecule has 0 amide bonds. The lowest BCUT2D eigenvalue weighted by atomic mass is 10.0. The Balaban J connectivity index is 2.03. The van der Waals surface area contributed by atoms with Gasteiger partial charge in [-0.1, -0.05) is 39.8 Å². The van der Waals surface area contributed by atoms with Crippen LogP contribution in [0.25, 0.3) is 0 Å². The Morgan fingerprint density at radius 2 is 1.82 bits per heavy atom. The number of para-hydroxylation sites is 1. The molecule has 0 aromatic heterocycles. The second kappa shape index (κ2) is 3.99. The molecule has 0 spiro atoms. The summed E-state index contributed by atoms with van der Waals surface area (Å²) in [5.74, 6) is 0.344. The Hall–Kier alpha value is -0.540. The molecule has 94 valence electrons. The topological polar surface area (TPSA) is 32.3 Å². The first-order valence-corrected chi connectivity index (χ1v) is 6.77. The van der Waals surface area contributed by atoms with Crippen molar-refractivity contribution in [3.8, 4) is 5.75 Å². The van der Waals surface area contributed by atoms with E-state index in [9.17, 15) is 5.11 Å². The van der Waals surface area contributed by atoms with E-state index in [2.05, 4.69) is 48.9 Å². The van der Waals surface area contributed by atoms with Gasteiger partial charge in [0.05, 0.1) is 4.47 Å². The molecule has 0 atom stereocenters. The molecule has 1 aromatic carbocycles. The van der Waals surface area contributed by atoms with E-state index in [-0.39, 0.29) is 0 Å². The maximum Gasteiger partial charge on any atom is 0.134 e. The van der Waals surface area contributed by atoms with Crippen LogP contribution in [0, 0.1) is 10.8 Å². The zero-order valence-electron chi connectivity index (χ0n) is 10.8. The molecule has 0 heterocycles. The first-order chi connectivity index (χ1) is 7.78. The van der Waals surface area contributed by atoms with E-state index in [1.807, 2.05) is 18.2 Å². The fourth-order valence-corrected chi connectivity index (χ4v) is 3.03. The number of phenolic OH excluding ortho intramolecular Hbond substituents is 1. The van der Waals surface area contributed by atoms with Crippen molar-refractivity contribution >= 4 is 15.9 Å². The van der Waals surface area contributed by atoms with Gasteiger partial charge in [0.2, 0.25) is 0 Å². The van der Waals surface area contributed by atoms with Gasteiger partial charge < -0.3 is 10.4 Å². The van der Waals surface area contributed by atoms with Crippen LogP contribution in [0.1, 0.15) is 33.3 Å². The van der Waals surface area contributed by atoms with Crippen molar-refractivity contribution in [1.82, 2.24) is 5.32 Å². The lowest BCUT2D eigenvalue weighted by Gasteiger charge is -2.09. The number of benzene rings is 1. The van der Waals surface area contributed by atoms with E-state index < -0.39 is 0 Å². The monoisotopic (exact) mass is 297 g/mol. The van der Waals surface area contributed by atoms with Gasteiger partial charge in [0.1, 0.15) is 5.75 Å². The van der Waals surface area contributed by atoms with Crippen molar-refractivity contribution in [3.05, 3.63) is 28.2 Å². The molecule has 0 unspecified atom stereocenters. The van der Waals surface area contributed by atoms with Gasteiger partial charge in [0.15, 0.2) is 0 Å². The summed E-state index contributed by atoms with van der Waals surface area (Å²) in [5, 5.41) is 13.4. The first-order valence-electron chi connectivity index (χ1n) is 5.98. The highest BCUT2D eigenvalue weighted by atomic mass is 79.9. The second-order valence-electron chi connectivity index (χ2n) is 6.00. The summed E-state index contributed by atoms with van der Waals surface area (Å²) in [6.07, 6.45) is 0. The van der Waals surface area contributed by atoms with E-state index in [1.54, 1.807) is 0 Å². The van der Waals surface area contributed by atoms with E-state index in [0.29, 0.717) is 29.2 Å². The number of aromatic hydroxyl groups is 1. The summed E-state index contributed by atoms with van der Waals surface area (Å²) in [6.45, 7) is 9.84. The Morgan fingerprint density at radius 3 is 2.35 bits per heavy atom. The number of hydrogen-bond acceptors (Lipinski definition) is 2. The molecule has 1 aliphatic rings. The predicted octanol–water partition coefficient (Wildman–Crippen LogP) is 3.68. The molecule has 0 bridgehead atoms. The molecular formula is C14H20BrNO. The van der Waals surface area contributed by atoms with E-state index in [1.165, 1.54) is 0 Å². The third-order valence-corrected chi connectivity index (χ3v) is 5.23. The summed E-state index contributed by atoms with van der Waals surface area (Å²) >= 11 is 3.34. The standard InChI is InChI=1S/C14H20BrNO/c1-13(2)12(14(13,3)4)16-8-9-6-5-7-10(15)11(9)17/h5-7,12,16-17H,8H2,1-4H3. The van der Waals surface area contributed by atoms with E-state index >= 15 is 0 Å². The lowest BCUT2D eigenvalue weighted by Crippen LogP contribution is -2.21. The number of nitrogens with one attached hydrogen (secondary N) is 1. The SMILES string of the molecule is CC1(C)C(NCc2cccc(Br)c2O)C1(C)C. The second-order valence-corrected chi connectivity index (χ2v) is 6.86. The van der Waals surface area contributed by atoms with Crippen molar-refractivity contribution in [2.75, 3.05) is 0 Å². The molecule has 3 heteroatoms. The molecule has 17 heavy (non-hydrogen) atoms. The molecule has 1 saturated carbocycles. The molecule has 0 radical (unpaired) electrons. The minimum absolute atomic E-state index is 0.328. The Morgan fingerprint density at radius 1 is 1.24 bits per heavy atom. The van der Waals surface area contributed by atoms with Crippen LogP contribution < -0.4 is 5.32 Å². The Labute approximate surface area is 112 Å². The van der Waals surface area contributed by atoms with Gasteiger partial charge >= 0.3 is 0 Å². The van der Waals surface area contributed by atoms with Gasteiger partial charge in [-0.05, 0) is 32.8 Å². The Bertz CT molecular complexity index is 426. The van der Waals surface area contributed by atoms with Crippen LogP contribution in [-0.4, -0.2) is 11.1 Å². The van der Waals surface area contributed by atoms with Crippen LogP contribution in [0.3, 0.4) is 0 Å². The van der Waals surface area contributed by atoms with Crippen LogP contribution in [0.5, 0.6) is 5.75 Å². The molecule has 2 nitrogen and oxygen atoms in total. The van der Waals surface area contributed by atoms with Gasteiger partial charge in [0.25, 0.3) is 0 Å². The number of phenols is 1. The van der Waals surface area contributed by atoms with Crippen molar-refractivity contribution in [2.45, 2.75) is 40.3 Å². The maximum absolute atomic E-state index is 9.90. The maximum atomic E-state index is 9.90. The molecular weight excluding hydrogens is 278 g/mol. The van der Waals surface area contributed by atoms with Gasteiger partial charge in [-0.3, -0.25) is 0 Å². The van der Waals surface area contributed by atoms with Crippen LogP contribution in [0.15, 0.2) is 22.7 Å². The molecule has 0 aliphatic heterocycles. The lowest BCUT2D eigenvalue weighted by molar-refractivity contribution is 0.457. The zero-order valence-corrected chi connectivity index (χ0v) is 12.4. The molecule has 1 fully saturated rings. The summed E-state index contributed by atoms with van der Waals surface area (Å²) in [7, 11) is 0. The molecule has 1 aromatic rings. The van der Waals surface area contributed by atoms with Gasteiger partial charge in [0, 0.05) is 18.2 Å². The van der Waals surface area contributed by atoms with Crippen LogP contribution >= 0.6 is 15.9 Å². The molecule has 2 rings (SSSR count). The van der Waals surface area contributed by atoms with E-state index in [0.717, 1.165) is 10.0 Å². The quantitative estimate of drug-likeness (QED) is 0.892. The average Bonchev–Trinajstić information content (AvgIpc) is 2.61. The summed E-state index contributed by atoms with van der Waals surface area (Å²) < 4.78 is 0.756. The highest BCUT2D eigenvalue weighted by Crippen LogP contribution is 2.62. The number of halogens is 1. The smallest absolute Gasteiger partial charge is 0.134 e. The minimum atomic E-state index is 0.328. The minimum Gasteiger partial charge on any atom is -0.506 e. The number of rotatable bonds is 3. The summed E-state index contributed by atoms with van der Waals surface area (Å²) in [5.41, 5.74) is 1.60. The van der Waals surface area contributed by atoms with Gasteiger partial charge in [-0.2, -0.15) is 0 Å². The van der Waals surface area contributed by atoms with Crippen molar-refractivity contribution in [1.29, 1.82) is 0 Å².